The minimum Gasteiger partial charge on any atom is -0.496 e. The Bertz CT molecular complexity index is 531. The van der Waals surface area contributed by atoms with E-state index in [0.29, 0.717) is 5.75 Å². The van der Waals surface area contributed by atoms with Gasteiger partial charge in [0.05, 0.1) is 14.2 Å². The molecular formula is C14H16O5. The minimum absolute atomic E-state index is 0.0942. The summed E-state index contributed by atoms with van der Waals surface area (Å²) in [5, 5.41) is 0. The molecule has 0 aliphatic carbocycles. The van der Waals surface area contributed by atoms with Crippen LogP contribution in [-0.4, -0.2) is 26.0 Å². The molecule has 5 nitrogen and oxygen atoms in total. The summed E-state index contributed by atoms with van der Waals surface area (Å²) >= 11 is 0. The Morgan fingerprint density at radius 2 is 1.63 bits per heavy atom. The topological polar surface area (TPSA) is 61.8 Å². The molecule has 0 heterocycles. The van der Waals surface area contributed by atoms with E-state index in [2.05, 4.69) is 6.58 Å². The van der Waals surface area contributed by atoms with E-state index in [1.54, 1.807) is 6.07 Å². The second-order valence-corrected chi connectivity index (χ2v) is 3.93. The summed E-state index contributed by atoms with van der Waals surface area (Å²) in [7, 11) is 2.89. The highest BCUT2D eigenvalue weighted by molar-refractivity contribution is 6.01. The summed E-state index contributed by atoms with van der Waals surface area (Å²) in [6, 6.07) is 3.01. The first kappa shape index (κ1) is 14.8. The van der Waals surface area contributed by atoms with E-state index in [1.165, 1.54) is 34.1 Å². The van der Waals surface area contributed by atoms with Crippen LogP contribution in [0.15, 0.2) is 24.3 Å². The molecule has 5 heteroatoms. The van der Waals surface area contributed by atoms with Gasteiger partial charge in [-0.1, -0.05) is 6.58 Å². The smallest absolute Gasteiger partial charge is 0.338 e. The number of benzene rings is 1. The quantitative estimate of drug-likeness (QED) is 0.353. The van der Waals surface area contributed by atoms with E-state index in [9.17, 15) is 9.59 Å². The first-order valence-electron chi connectivity index (χ1n) is 5.55. The number of ether oxygens (including phenoxy) is 3. The molecule has 1 aromatic rings. The van der Waals surface area contributed by atoms with Crippen LogP contribution in [0.1, 0.15) is 24.2 Å². The standard InChI is InChI=1S/C14H16O5/c1-8(2)14(16)19-12-7-10(17-4)6-11(18-5)13(12)9(3)15/h6-7H,1H2,2-5H3. The van der Waals surface area contributed by atoms with Crippen LogP contribution in [0.2, 0.25) is 0 Å². The van der Waals surface area contributed by atoms with Gasteiger partial charge in [-0.15, -0.1) is 0 Å². The maximum Gasteiger partial charge on any atom is 0.338 e. The SMILES string of the molecule is C=C(C)C(=O)Oc1cc(OC)cc(OC)c1C(C)=O. The normalized spacial score (nSPS) is 9.68. The average Bonchev–Trinajstić information content (AvgIpc) is 2.36. The third-order valence-electron chi connectivity index (χ3n) is 2.40. The summed E-state index contributed by atoms with van der Waals surface area (Å²) in [5.74, 6) is -0.0822. The summed E-state index contributed by atoms with van der Waals surface area (Å²) < 4.78 is 15.3. The second-order valence-electron chi connectivity index (χ2n) is 3.93. The van der Waals surface area contributed by atoms with Crippen LogP contribution in [0.25, 0.3) is 0 Å². The second kappa shape index (κ2) is 6.04. The predicted octanol–water partition coefficient (Wildman–Crippen LogP) is 2.39. The molecule has 0 aliphatic rings. The molecule has 0 radical (unpaired) electrons. The van der Waals surface area contributed by atoms with Gasteiger partial charge < -0.3 is 14.2 Å². The number of methoxy groups -OCH3 is 2. The van der Waals surface area contributed by atoms with Gasteiger partial charge >= 0.3 is 5.97 Å². The number of hydrogen-bond donors (Lipinski definition) is 0. The van der Waals surface area contributed by atoms with Crippen molar-refractivity contribution in [2.24, 2.45) is 0 Å². The molecule has 1 aromatic carbocycles. The van der Waals surface area contributed by atoms with Gasteiger partial charge in [0.1, 0.15) is 22.8 Å². The van der Waals surface area contributed by atoms with E-state index in [-0.39, 0.29) is 28.4 Å². The fourth-order valence-corrected chi connectivity index (χ4v) is 1.46. The Morgan fingerprint density at radius 1 is 1.05 bits per heavy atom. The number of carbonyl (C=O) groups is 2. The van der Waals surface area contributed by atoms with Gasteiger partial charge in [0.2, 0.25) is 0 Å². The average molecular weight is 264 g/mol. The highest BCUT2D eigenvalue weighted by Crippen LogP contribution is 2.34. The molecule has 102 valence electrons. The lowest BCUT2D eigenvalue weighted by Crippen LogP contribution is -2.12. The highest BCUT2D eigenvalue weighted by atomic mass is 16.5. The fourth-order valence-electron chi connectivity index (χ4n) is 1.46. The van der Waals surface area contributed by atoms with Crippen LogP contribution >= 0.6 is 0 Å². The maximum atomic E-state index is 11.7. The lowest BCUT2D eigenvalue weighted by molar-refractivity contribution is -0.130. The number of ketones is 1. The number of Topliss-reactive ketones (excluding diaryl/α,β-unsaturated/α-hetero) is 1. The summed E-state index contributed by atoms with van der Waals surface area (Å²) in [6.07, 6.45) is 0. The lowest BCUT2D eigenvalue weighted by atomic mass is 10.1. The van der Waals surface area contributed by atoms with E-state index < -0.39 is 5.97 Å². The predicted molar refractivity (Wildman–Crippen MR) is 70.0 cm³/mol. The lowest BCUT2D eigenvalue weighted by Gasteiger charge is -2.13. The van der Waals surface area contributed by atoms with Gasteiger partial charge in [0, 0.05) is 17.7 Å². The maximum absolute atomic E-state index is 11.7. The molecule has 0 fully saturated rings. The molecule has 0 N–H and O–H groups in total. The van der Waals surface area contributed by atoms with Crippen molar-refractivity contribution in [2.75, 3.05) is 14.2 Å². The zero-order valence-electron chi connectivity index (χ0n) is 11.4. The third kappa shape index (κ3) is 3.34. The highest BCUT2D eigenvalue weighted by Gasteiger charge is 2.20. The molecule has 0 spiro atoms. The number of carbonyl (C=O) groups excluding carboxylic acids is 2. The van der Waals surface area contributed by atoms with Crippen LogP contribution in [0, 0.1) is 0 Å². The molecule has 0 bridgehead atoms. The molecule has 0 aromatic heterocycles. The summed E-state index contributed by atoms with van der Waals surface area (Å²) in [5.41, 5.74) is 0.425. The Hall–Kier alpha value is -2.30. The van der Waals surface area contributed by atoms with Gasteiger partial charge in [-0.05, 0) is 13.8 Å². The number of hydrogen-bond acceptors (Lipinski definition) is 5. The van der Waals surface area contributed by atoms with E-state index in [1.807, 2.05) is 0 Å². The van der Waals surface area contributed by atoms with Crippen LogP contribution in [0.5, 0.6) is 17.2 Å². The molecule has 0 amide bonds. The van der Waals surface area contributed by atoms with E-state index in [4.69, 9.17) is 14.2 Å². The van der Waals surface area contributed by atoms with Crippen molar-refractivity contribution in [3.05, 3.63) is 29.8 Å². The summed E-state index contributed by atoms with van der Waals surface area (Å²) in [6.45, 7) is 6.37. The molecule has 0 saturated heterocycles. The summed E-state index contributed by atoms with van der Waals surface area (Å²) in [4.78, 5) is 23.2. The van der Waals surface area contributed by atoms with Gasteiger partial charge in [-0.25, -0.2) is 4.79 Å². The molecule has 0 aliphatic heterocycles. The molecule has 1 rings (SSSR count). The molecule has 0 saturated carbocycles. The Kier molecular flexibility index (Phi) is 4.69. The van der Waals surface area contributed by atoms with Crippen molar-refractivity contribution < 1.29 is 23.8 Å². The van der Waals surface area contributed by atoms with Crippen LogP contribution in [0.3, 0.4) is 0 Å². The van der Waals surface area contributed by atoms with Crippen LogP contribution in [-0.2, 0) is 4.79 Å². The number of esters is 1. The Balaban J connectivity index is 3.37. The Labute approximate surface area is 111 Å². The van der Waals surface area contributed by atoms with Gasteiger partial charge in [0.25, 0.3) is 0 Å². The monoisotopic (exact) mass is 264 g/mol. The Morgan fingerprint density at radius 3 is 2.05 bits per heavy atom. The van der Waals surface area contributed by atoms with Crippen molar-refractivity contribution in [2.45, 2.75) is 13.8 Å². The van der Waals surface area contributed by atoms with Gasteiger partial charge in [-0.3, -0.25) is 4.79 Å². The largest absolute Gasteiger partial charge is 0.496 e. The number of rotatable bonds is 5. The van der Waals surface area contributed by atoms with Crippen molar-refractivity contribution in [3.8, 4) is 17.2 Å². The van der Waals surface area contributed by atoms with Crippen molar-refractivity contribution >= 4 is 11.8 Å². The van der Waals surface area contributed by atoms with Crippen molar-refractivity contribution in [1.82, 2.24) is 0 Å². The minimum atomic E-state index is -0.613. The van der Waals surface area contributed by atoms with Crippen molar-refractivity contribution in [3.63, 3.8) is 0 Å². The zero-order valence-corrected chi connectivity index (χ0v) is 11.4. The van der Waals surface area contributed by atoms with Crippen molar-refractivity contribution in [1.29, 1.82) is 0 Å². The third-order valence-corrected chi connectivity index (χ3v) is 2.40. The molecule has 0 atom stereocenters. The van der Waals surface area contributed by atoms with Crippen LogP contribution in [0.4, 0.5) is 0 Å². The first-order valence-corrected chi connectivity index (χ1v) is 5.55. The van der Waals surface area contributed by atoms with Crippen LogP contribution < -0.4 is 14.2 Å². The molecule has 19 heavy (non-hydrogen) atoms. The molecular weight excluding hydrogens is 248 g/mol. The first-order chi connectivity index (χ1) is 8.90. The van der Waals surface area contributed by atoms with Gasteiger partial charge in [-0.2, -0.15) is 0 Å². The molecule has 0 unspecified atom stereocenters. The van der Waals surface area contributed by atoms with E-state index >= 15 is 0 Å². The fraction of sp³-hybridized carbons (Fsp3) is 0.286. The van der Waals surface area contributed by atoms with Gasteiger partial charge in [0.15, 0.2) is 5.78 Å². The zero-order chi connectivity index (χ0) is 14.6. The van der Waals surface area contributed by atoms with E-state index in [0.717, 1.165) is 0 Å².